The van der Waals surface area contributed by atoms with Gasteiger partial charge in [-0.2, -0.15) is 18.2 Å². The molecule has 1 aliphatic heterocycles. The Morgan fingerprint density at radius 1 is 1.08 bits per heavy atom. The number of amides is 3. The molecule has 4 heterocycles. The van der Waals surface area contributed by atoms with Gasteiger partial charge in [0.25, 0.3) is 11.8 Å². The molecular formula is C41H40ClF3N8O7S. The standard InChI is InChI=1S/C41H40ClF3N8O7S/c1-4-23-19-40(23,38(56)52-61(57,58)26-13-14-26)51-35(54)29-18-25(20-53(29)37(55)28(17-21(2)3)47-39-46-16-15-31(42)48-39)59-36-33-32(27-7-5-6-8-30(27)60-33)49-34(50-36)22-9-11-24(12-10-22)41(43,44)45/h4-12,15-16,21,23,25-26,28-29H,1,13-14,17-20H2,2-3H3,(H,51,54)(H,52,56)(H,46,47,48)/t23-,25-,28+,29+,40-/m1/s1. The van der Waals surface area contributed by atoms with E-state index < -0.39 is 74.4 Å². The molecule has 15 nitrogen and oxygen atoms in total. The van der Waals surface area contributed by atoms with Crippen molar-refractivity contribution in [2.45, 2.75) is 81.1 Å². The van der Waals surface area contributed by atoms with Crippen LogP contribution in [0.25, 0.3) is 33.5 Å². The minimum atomic E-state index is -4.57. The highest BCUT2D eigenvalue weighted by atomic mass is 35.5. The van der Waals surface area contributed by atoms with E-state index in [1.165, 1.54) is 35.4 Å². The van der Waals surface area contributed by atoms with Gasteiger partial charge in [-0.1, -0.05) is 55.8 Å². The number of nitrogens with zero attached hydrogens (tertiary/aromatic N) is 5. The largest absolute Gasteiger partial charge is 0.470 e. The first-order valence-corrected chi connectivity index (χ1v) is 21.5. The Bertz CT molecular complexity index is 2660. The van der Waals surface area contributed by atoms with Crippen molar-refractivity contribution < 1.29 is 45.1 Å². The maximum atomic E-state index is 14.7. The molecule has 8 rings (SSSR count). The lowest BCUT2D eigenvalue weighted by atomic mass is 10.0. The van der Waals surface area contributed by atoms with E-state index >= 15 is 0 Å². The molecule has 0 unspecified atom stereocenters. The van der Waals surface area contributed by atoms with E-state index in [4.69, 9.17) is 20.8 Å². The summed E-state index contributed by atoms with van der Waals surface area (Å²) in [4.78, 5) is 61.7. The van der Waals surface area contributed by atoms with E-state index in [-0.39, 0.29) is 65.7 Å². The number of rotatable bonds is 14. The highest BCUT2D eigenvalue weighted by molar-refractivity contribution is 7.91. The summed E-state index contributed by atoms with van der Waals surface area (Å²) in [5.41, 5.74) is -1.37. The number of likely N-dealkylation sites (tertiary alicyclic amines) is 1. The molecular weight excluding hydrogens is 841 g/mol. The number of hydrogen-bond acceptors (Lipinski definition) is 12. The van der Waals surface area contributed by atoms with Gasteiger partial charge in [0.2, 0.25) is 33.4 Å². The van der Waals surface area contributed by atoms with Crippen LogP contribution in [0.2, 0.25) is 5.15 Å². The molecule has 2 aliphatic carbocycles. The summed E-state index contributed by atoms with van der Waals surface area (Å²) in [6.45, 7) is 7.40. The first-order chi connectivity index (χ1) is 29.0. The number of aromatic nitrogens is 4. The van der Waals surface area contributed by atoms with E-state index in [0.29, 0.717) is 29.3 Å². The summed E-state index contributed by atoms with van der Waals surface area (Å²) in [5.74, 6) is -2.79. The maximum absolute atomic E-state index is 14.7. The lowest BCUT2D eigenvalue weighted by Gasteiger charge is -2.30. The Morgan fingerprint density at radius 2 is 1.82 bits per heavy atom. The number of sulfonamides is 1. The smallest absolute Gasteiger partial charge is 0.416 e. The summed E-state index contributed by atoms with van der Waals surface area (Å²) in [7, 11) is -3.97. The van der Waals surface area contributed by atoms with Crippen molar-refractivity contribution in [3.8, 4) is 17.3 Å². The third kappa shape index (κ3) is 8.57. The van der Waals surface area contributed by atoms with Gasteiger partial charge in [-0.05, 0) is 61.9 Å². The minimum Gasteiger partial charge on any atom is -0.470 e. The number of furan rings is 1. The average molecular weight is 881 g/mol. The van der Waals surface area contributed by atoms with Gasteiger partial charge in [0.1, 0.15) is 40.0 Å². The van der Waals surface area contributed by atoms with Crippen LogP contribution in [0.15, 0.2) is 77.9 Å². The first kappa shape index (κ1) is 41.9. The molecule has 3 amide bonds. The zero-order chi connectivity index (χ0) is 43.4. The van der Waals surface area contributed by atoms with E-state index in [0.717, 1.165) is 12.1 Å². The molecule has 20 heteroatoms. The Morgan fingerprint density at radius 3 is 2.48 bits per heavy atom. The predicted molar refractivity (Wildman–Crippen MR) is 217 cm³/mol. The average Bonchev–Trinajstić information content (AvgIpc) is 4.12. The number of ether oxygens (including phenoxy) is 1. The van der Waals surface area contributed by atoms with E-state index in [9.17, 15) is 36.0 Å². The number of halogens is 4. The second-order valence-electron chi connectivity index (χ2n) is 15.9. The molecule has 0 radical (unpaired) electrons. The van der Waals surface area contributed by atoms with Crippen LogP contribution in [-0.2, 0) is 30.6 Å². The number of alkyl halides is 3. The van der Waals surface area contributed by atoms with E-state index in [1.54, 1.807) is 24.3 Å². The summed E-state index contributed by atoms with van der Waals surface area (Å²) >= 11 is 6.12. The Kier molecular flexibility index (Phi) is 10.9. The lowest BCUT2D eigenvalue weighted by Crippen LogP contribution is -2.57. The monoisotopic (exact) mass is 880 g/mol. The van der Waals surface area contributed by atoms with Crippen molar-refractivity contribution in [1.29, 1.82) is 0 Å². The molecule has 0 spiro atoms. The van der Waals surface area contributed by atoms with Crippen LogP contribution >= 0.6 is 11.6 Å². The van der Waals surface area contributed by atoms with Crippen LogP contribution < -0.4 is 20.1 Å². The number of fused-ring (bicyclic) bond motifs is 3. The fourth-order valence-electron chi connectivity index (χ4n) is 7.59. The SMILES string of the molecule is C=C[C@@H]1C[C@]1(NC(=O)[C@@H]1C[C@@H](Oc2nc(-c3ccc(C(F)(F)F)cc3)nc3c2oc2ccccc23)CN1C(=O)[C@H](CC(C)C)Nc1nccc(Cl)n1)C(=O)NS(=O)(=O)C1CC1. The van der Waals surface area contributed by atoms with Crippen molar-refractivity contribution >= 4 is 67.4 Å². The molecule has 3 aliphatic rings. The van der Waals surface area contributed by atoms with Crippen LogP contribution in [0.4, 0.5) is 19.1 Å². The summed E-state index contributed by atoms with van der Waals surface area (Å²) in [6.07, 6.45) is -1.57. The van der Waals surface area contributed by atoms with Gasteiger partial charge < -0.3 is 24.7 Å². The van der Waals surface area contributed by atoms with Crippen LogP contribution in [0, 0.1) is 11.8 Å². The van der Waals surface area contributed by atoms with E-state index in [2.05, 4.69) is 41.9 Å². The highest BCUT2D eigenvalue weighted by Crippen LogP contribution is 2.46. The van der Waals surface area contributed by atoms with Gasteiger partial charge >= 0.3 is 6.18 Å². The first-order valence-electron chi connectivity index (χ1n) is 19.6. The number of carbonyl (C=O) groups is 3. The minimum absolute atomic E-state index is 0.0315. The quantitative estimate of drug-likeness (QED) is 0.0864. The van der Waals surface area contributed by atoms with Gasteiger partial charge in [-0.3, -0.25) is 19.1 Å². The molecule has 320 valence electrons. The Hall–Kier alpha value is -5.82. The van der Waals surface area contributed by atoms with Gasteiger partial charge in [0.15, 0.2) is 5.82 Å². The predicted octanol–water partition coefficient (Wildman–Crippen LogP) is 6.05. The molecule has 0 bridgehead atoms. The number of para-hydroxylation sites is 1. The summed E-state index contributed by atoms with van der Waals surface area (Å²) in [5, 5.41) is 5.83. The normalized spacial score (nSPS) is 22.0. The molecule has 2 saturated carbocycles. The molecule has 61 heavy (non-hydrogen) atoms. The zero-order valence-corrected chi connectivity index (χ0v) is 34.4. The van der Waals surface area contributed by atoms with Crippen LogP contribution in [-0.4, -0.2) is 86.5 Å². The number of benzene rings is 2. The van der Waals surface area contributed by atoms with Crippen molar-refractivity contribution in [3.05, 3.63) is 84.2 Å². The van der Waals surface area contributed by atoms with Gasteiger partial charge in [-0.25, -0.2) is 23.4 Å². The maximum Gasteiger partial charge on any atom is 0.416 e. The Balaban J connectivity index is 1.14. The molecule has 3 fully saturated rings. The molecule has 5 atom stereocenters. The van der Waals surface area contributed by atoms with E-state index in [1.807, 2.05) is 13.8 Å². The fourth-order valence-corrected chi connectivity index (χ4v) is 9.09. The van der Waals surface area contributed by atoms with Crippen LogP contribution in [0.1, 0.15) is 51.5 Å². The van der Waals surface area contributed by atoms with Crippen LogP contribution in [0.5, 0.6) is 5.88 Å². The third-order valence-corrected chi connectivity index (χ3v) is 13.0. The van der Waals surface area contributed by atoms with Gasteiger partial charge in [0.05, 0.1) is 17.4 Å². The molecule has 3 N–H and O–H groups in total. The van der Waals surface area contributed by atoms with Crippen molar-refractivity contribution in [1.82, 2.24) is 34.9 Å². The molecule has 3 aromatic heterocycles. The Labute approximate surface area is 352 Å². The topological polar surface area (TPSA) is 199 Å². The van der Waals surface area contributed by atoms with Crippen molar-refractivity contribution in [2.24, 2.45) is 11.8 Å². The fraction of sp³-hybridized carbons (Fsp3) is 0.390. The number of hydrogen-bond donors (Lipinski definition) is 3. The van der Waals surface area contributed by atoms with Gasteiger partial charge in [0, 0.05) is 29.5 Å². The van der Waals surface area contributed by atoms with Crippen LogP contribution in [0.3, 0.4) is 0 Å². The summed E-state index contributed by atoms with van der Waals surface area (Å²) < 4.78 is 80.7. The van der Waals surface area contributed by atoms with Crippen molar-refractivity contribution in [2.75, 3.05) is 11.9 Å². The highest BCUT2D eigenvalue weighted by Gasteiger charge is 2.62. The molecule has 5 aromatic rings. The molecule has 1 saturated heterocycles. The summed E-state index contributed by atoms with van der Waals surface area (Å²) in [6, 6.07) is 10.5. The second-order valence-corrected chi connectivity index (χ2v) is 18.2. The van der Waals surface area contributed by atoms with Crippen molar-refractivity contribution in [3.63, 3.8) is 0 Å². The number of carbonyl (C=O) groups excluding carboxylic acids is 3. The van der Waals surface area contributed by atoms with Gasteiger partial charge in [-0.15, -0.1) is 6.58 Å². The third-order valence-electron chi connectivity index (χ3n) is 11.0. The second kappa shape index (κ2) is 15.9. The zero-order valence-electron chi connectivity index (χ0n) is 32.8. The lowest BCUT2D eigenvalue weighted by molar-refractivity contribution is -0.140. The molecule has 2 aromatic carbocycles. The number of nitrogens with one attached hydrogen (secondary N) is 3. The number of anilines is 1.